The van der Waals surface area contributed by atoms with Crippen molar-refractivity contribution in [1.29, 1.82) is 0 Å². The number of carbonyl (C=O) groups excluding carboxylic acids is 2. The lowest BCUT2D eigenvalue weighted by molar-refractivity contribution is -0.110. The van der Waals surface area contributed by atoms with E-state index in [0.29, 0.717) is 12.2 Å². The third kappa shape index (κ3) is 5.37. The van der Waals surface area contributed by atoms with Gasteiger partial charge in [0.1, 0.15) is 17.8 Å². The molecule has 0 amide bonds. The first-order valence-electron chi connectivity index (χ1n) is 7.08. The topological polar surface area (TPSA) is 43.4 Å². The molecule has 1 atom stereocenters. The molecule has 0 radical (unpaired) electrons. The Hall–Kier alpha value is -2.07. The number of thioether (sulfide) groups is 1. The van der Waals surface area contributed by atoms with E-state index in [2.05, 4.69) is 0 Å². The minimum absolute atomic E-state index is 0.0402. The van der Waals surface area contributed by atoms with E-state index >= 15 is 0 Å². The van der Waals surface area contributed by atoms with E-state index in [1.54, 1.807) is 0 Å². The molecule has 0 fully saturated rings. The van der Waals surface area contributed by atoms with Gasteiger partial charge in [0.2, 0.25) is 0 Å². The molecule has 0 saturated heterocycles. The zero-order chi connectivity index (χ0) is 15.8. The highest BCUT2D eigenvalue weighted by Gasteiger charge is 2.10. The Morgan fingerprint density at radius 2 is 1.73 bits per heavy atom. The highest BCUT2D eigenvalue weighted by atomic mass is 32.2. The molecule has 1 unspecified atom stereocenters. The van der Waals surface area contributed by atoms with E-state index in [0.717, 1.165) is 23.3 Å². The first-order valence-corrected chi connectivity index (χ1v) is 8.06. The molecule has 0 aliphatic rings. The fraction of sp³-hybridized carbons (Fsp3) is 0.222. The third-order valence-electron chi connectivity index (χ3n) is 3.09. The van der Waals surface area contributed by atoms with E-state index in [9.17, 15) is 9.59 Å². The van der Waals surface area contributed by atoms with Crippen molar-refractivity contribution in [2.45, 2.75) is 13.3 Å². The van der Waals surface area contributed by atoms with Gasteiger partial charge in [0.05, 0.1) is 0 Å². The highest BCUT2D eigenvalue weighted by Crippen LogP contribution is 2.22. The molecule has 2 aromatic rings. The number of benzene rings is 2. The van der Waals surface area contributed by atoms with Crippen LogP contribution in [0.2, 0.25) is 0 Å². The Kier molecular flexibility index (Phi) is 6.22. The van der Waals surface area contributed by atoms with Gasteiger partial charge in [-0.1, -0.05) is 42.1 Å². The molecule has 0 spiro atoms. The largest absolute Gasteiger partial charge is 0.457 e. The van der Waals surface area contributed by atoms with Crippen molar-refractivity contribution < 1.29 is 14.3 Å². The molecule has 0 aliphatic heterocycles. The molecule has 22 heavy (non-hydrogen) atoms. The lowest BCUT2D eigenvalue weighted by Gasteiger charge is -2.10. The first-order chi connectivity index (χ1) is 10.7. The highest BCUT2D eigenvalue weighted by molar-refractivity contribution is 8.13. The van der Waals surface area contributed by atoms with Crippen molar-refractivity contribution in [1.82, 2.24) is 0 Å². The molecule has 0 aliphatic carbocycles. The second-order valence-electron chi connectivity index (χ2n) is 4.96. The van der Waals surface area contributed by atoms with Gasteiger partial charge >= 0.3 is 0 Å². The van der Waals surface area contributed by atoms with Gasteiger partial charge in [0, 0.05) is 18.6 Å². The molecular formula is C18H18O3S. The van der Waals surface area contributed by atoms with Crippen LogP contribution in [0.15, 0.2) is 54.6 Å². The number of ether oxygens (including phenoxy) is 1. The third-order valence-corrected chi connectivity index (χ3v) is 4.09. The predicted molar refractivity (Wildman–Crippen MR) is 89.4 cm³/mol. The van der Waals surface area contributed by atoms with Crippen LogP contribution < -0.4 is 4.74 Å². The maximum absolute atomic E-state index is 11.1. The van der Waals surface area contributed by atoms with Gasteiger partial charge < -0.3 is 9.53 Å². The zero-order valence-corrected chi connectivity index (χ0v) is 13.2. The summed E-state index contributed by atoms with van der Waals surface area (Å²) < 4.78 is 5.73. The van der Waals surface area contributed by atoms with Crippen LogP contribution in [-0.4, -0.2) is 17.2 Å². The summed E-state index contributed by atoms with van der Waals surface area (Å²) in [6.07, 6.45) is 1.56. The molecule has 4 heteroatoms. The number of rotatable bonds is 7. The average Bonchev–Trinajstić information content (AvgIpc) is 2.54. The van der Waals surface area contributed by atoms with Crippen LogP contribution >= 0.6 is 11.8 Å². The van der Waals surface area contributed by atoms with Crippen molar-refractivity contribution in [2.24, 2.45) is 5.92 Å². The van der Waals surface area contributed by atoms with Crippen LogP contribution in [0, 0.1) is 5.92 Å². The van der Waals surface area contributed by atoms with Crippen LogP contribution in [0.4, 0.5) is 0 Å². The van der Waals surface area contributed by atoms with Gasteiger partial charge in [-0.05, 0) is 36.2 Å². The smallest absolute Gasteiger partial charge is 0.185 e. The van der Waals surface area contributed by atoms with Gasteiger partial charge in [-0.15, -0.1) is 0 Å². The van der Waals surface area contributed by atoms with E-state index in [-0.39, 0.29) is 11.0 Å². The van der Waals surface area contributed by atoms with Gasteiger partial charge in [-0.25, -0.2) is 0 Å². The molecule has 3 nitrogen and oxygen atoms in total. The standard InChI is InChI=1S/C18H18O3S/c1-14(20)22-13-16(12-19)11-15-7-9-18(10-8-15)21-17-5-3-2-4-6-17/h2-10,12,16H,11,13H2,1H3. The average molecular weight is 314 g/mol. The Morgan fingerprint density at radius 3 is 2.32 bits per heavy atom. The van der Waals surface area contributed by atoms with Crippen LogP contribution in [-0.2, 0) is 16.0 Å². The van der Waals surface area contributed by atoms with Crippen molar-refractivity contribution in [3.63, 3.8) is 0 Å². The summed E-state index contributed by atoms with van der Waals surface area (Å²) in [7, 11) is 0. The van der Waals surface area contributed by atoms with Gasteiger partial charge in [-0.3, -0.25) is 4.79 Å². The Balaban J connectivity index is 1.93. The fourth-order valence-electron chi connectivity index (χ4n) is 1.99. The van der Waals surface area contributed by atoms with E-state index < -0.39 is 0 Å². The van der Waals surface area contributed by atoms with Crippen molar-refractivity contribution >= 4 is 23.2 Å². The van der Waals surface area contributed by atoms with Crippen LogP contribution in [0.1, 0.15) is 12.5 Å². The van der Waals surface area contributed by atoms with E-state index in [1.807, 2.05) is 54.6 Å². The number of aldehydes is 1. The SMILES string of the molecule is CC(=O)SCC(C=O)Cc1ccc(Oc2ccccc2)cc1. The summed E-state index contributed by atoms with van der Waals surface area (Å²) >= 11 is 1.19. The molecule has 2 aromatic carbocycles. The van der Waals surface area contributed by atoms with Gasteiger partial charge in [0.25, 0.3) is 0 Å². The maximum atomic E-state index is 11.1. The predicted octanol–water partition coefficient (Wildman–Crippen LogP) is 4.12. The summed E-state index contributed by atoms with van der Waals surface area (Å²) in [4.78, 5) is 22.0. The molecule has 0 aromatic heterocycles. The molecular weight excluding hydrogens is 296 g/mol. The molecule has 0 N–H and O–H groups in total. The summed E-state index contributed by atoms with van der Waals surface area (Å²) in [6, 6.07) is 17.3. The molecule has 114 valence electrons. The second-order valence-corrected chi connectivity index (χ2v) is 6.16. The van der Waals surface area contributed by atoms with Crippen molar-refractivity contribution in [3.8, 4) is 11.5 Å². The quantitative estimate of drug-likeness (QED) is 0.721. The minimum Gasteiger partial charge on any atom is -0.457 e. The monoisotopic (exact) mass is 314 g/mol. The Labute approximate surface area is 134 Å². The van der Waals surface area contributed by atoms with Gasteiger partial charge in [0.15, 0.2) is 5.12 Å². The second kappa shape index (κ2) is 8.39. The lowest BCUT2D eigenvalue weighted by atomic mass is 10.0. The fourth-order valence-corrected chi connectivity index (χ4v) is 2.64. The van der Waals surface area contributed by atoms with Crippen LogP contribution in [0.5, 0.6) is 11.5 Å². The number of hydrogen-bond acceptors (Lipinski definition) is 4. The number of para-hydroxylation sites is 1. The Morgan fingerprint density at radius 1 is 1.09 bits per heavy atom. The maximum Gasteiger partial charge on any atom is 0.185 e. The van der Waals surface area contributed by atoms with Crippen LogP contribution in [0.3, 0.4) is 0 Å². The molecule has 0 heterocycles. The summed E-state index contributed by atoms with van der Waals surface area (Å²) in [5, 5.41) is 0.0402. The summed E-state index contributed by atoms with van der Waals surface area (Å²) in [5.41, 5.74) is 1.06. The lowest BCUT2D eigenvalue weighted by Crippen LogP contribution is -2.10. The first kappa shape index (κ1) is 16.3. The Bertz CT molecular complexity index is 608. The number of carbonyl (C=O) groups is 2. The van der Waals surface area contributed by atoms with Gasteiger partial charge in [-0.2, -0.15) is 0 Å². The number of hydrogen-bond donors (Lipinski definition) is 0. The van der Waals surface area contributed by atoms with Crippen molar-refractivity contribution in [2.75, 3.05) is 5.75 Å². The van der Waals surface area contributed by atoms with E-state index in [4.69, 9.17) is 4.74 Å². The summed E-state index contributed by atoms with van der Waals surface area (Å²) in [6.45, 7) is 1.52. The molecule has 0 bridgehead atoms. The normalized spacial score (nSPS) is 11.7. The van der Waals surface area contributed by atoms with E-state index in [1.165, 1.54) is 18.7 Å². The minimum atomic E-state index is -0.144. The molecule has 0 saturated carbocycles. The van der Waals surface area contributed by atoms with Crippen LogP contribution in [0.25, 0.3) is 0 Å². The molecule has 2 rings (SSSR count). The zero-order valence-electron chi connectivity index (χ0n) is 12.4. The van der Waals surface area contributed by atoms with Crippen molar-refractivity contribution in [3.05, 3.63) is 60.2 Å². The summed E-state index contributed by atoms with van der Waals surface area (Å²) in [5.74, 6) is 1.94.